The Kier molecular flexibility index (Phi) is 39.0. The first-order valence-electron chi connectivity index (χ1n) is 40.8. The van der Waals surface area contributed by atoms with Gasteiger partial charge in [0.15, 0.2) is 5.98 Å². The Morgan fingerprint density at radius 3 is 0.725 bits per heavy atom. The SMILES string of the molecule is CC(C)(C)P1(=S)CCCC1.CC(C)(C)P1(=S)CCCC1.CC(C)(C)[P+]1(S)CCC[C@@H]1[C@H]1CCC[P+]1(S)C(C)(C)C.CC(C)(C)[P+]1(S)CCC[C@@H]1[C@H]1CCC[P+]1(S)C(C)(C)C.CC(C)(C)[P@@]1CCC[C@@H]1[C@H]1CCC[P@]1C(C)(C)C.CC(C)(C)[P@]1(=S)CCC[C@H]1[C@H]1CCC[P+]1(S)C(C)(C)C.ClP(Cl)Cl. The van der Waals surface area contributed by atoms with Crippen molar-refractivity contribution in [1.82, 2.24) is 0 Å². The summed E-state index contributed by atoms with van der Waals surface area (Å²) in [5, 5.41) is 4.41. The van der Waals surface area contributed by atoms with Crippen LogP contribution in [0, 0.1) is 0 Å². The molecule has 0 aromatic heterocycles. The molecule has 10 rings (SSSR count). The third-order valence-corrected chi connectivity index (χ3v) is 100. The van der Waals surface area contributed by atoms with Gasteiger partial charge in [0, 0.05) is 66.9 Å². The number of halogens is 3. The minimum absolute atomic E-state index is 0.282. The van der Waals surface area contributed by atoms with E-state index in [4.69, 9.17) is 130 Å². The zero-order valence-corrected chi connectivity index (χ0v) is 90.8. The summed E-state index contributed by atoms with van der Waals surface area (Å²) in [7, 11) is 0.564. The Balaban J connectivity index is 0.000000261. The molecule has 0 aromatic rings. The summed E-state index contributed by atoms with van der Waals surface area (Å²) in [5.41, 5.74) is 7.48. The van der Waals surface area contributed by atoms with Crippen molar-refractivity contribution in [2.75, 3.05) is 73.9 Å². The quantitative estimate of drug-likeness (QED) is 0.141. The van der Waals surface area contributed by atoms with Gasteiger partial charge in [0.1, 0.15) is 22.6 Å². The first-order chi connectivity index (χ1) is 45.7. The van der Waals surface area contributed by atoms with Crippen molar-refractivity contribution in [3.8, 4) is 0 Å². The van der Waals surface area contributed by atoms with Gasteiger partial charge in [0.2, 0.25) is 0 Å². The third kappa shape index (κ3) is 24.6. The summed E-state index contributed by atoms with van der Waals surface area (Å²) >= 11 is 59.4. The van der Waals surface area contributed by atoms with E-state index < -0.39 is 56.4 Å². The Labute approximate surface area is 702 Å². The molecule has 0 amide bonds. The van der Waals surface area contributed by atoms with Crippen LogP contribution in [0.2, 0.25) is 0 Å². The molecule has 5 unspecified atom stereocenters. The zero-order valence-electron chi connectivity index (χ0n) is 71.8. The third-order valence-electron chi connectivity index (χ3n) is 27.3. The van der Waals surface area contributed by atoms with E-state index in [1.807, 2.05) is 0 Å². The summed E-state index contributed by atoms with van der Waals surface area (Å²) in [5.74, 6) is -1.20. The van der Waals surface area contributed by atoms with Gasteiger partial charge in [-0.2, -0.15) is 0 Å². The number of hydrogen-bond donors (Lipinski definition) is 5. The van der Waals surface area contributed by atoms with E-state index in [2.05, 4.69) is 208 Å². The van der Waals surface area contributed by atoms with Crippen molar-refractivity contribution in [3.63, 3.8) is 0 Å². The molecular weight excluding hydrogens is 1660 g/mol. The minimum atomic E-state index is -1.25. The molecule has 606 valence electrons. The lowest BCUT2D eigenvalue weighted by Gasteiger charge is -2.44. The van der Waals surface area contributed by atoms with Gasteiger partial charge < -0.3 is 0 Å². The fourth-order valence-electron chi connectivity index (χ4n) is 20.5. The number of thiol groups is 5. The maximum absolute atomic E-state index is 6.38. The standard InChI is InChI=1S/2C16H34P2S2.C16H33P2S2.C16H32P2.2C8H17PS.Cl3P/c3*1-15(2,3)17(19)11-7-9-13(17)14-10-8-12-18(14,20)16(4,5)6;1-15(2,3)17-11-7-9-13(17)14-10-8-12-18(14)16(4,5)6;2*1-8(2,3)9(10)6-4-5-7-9;1-4(2)3/h2*13-14,19-20H,7-12H2,1-6H3;13-14,19H,7-12H2,1-6H3;13-14H,7-12H2,1-6H3;2*4-7H2,1-3H3;/q2*+2;+1;;;;/t2*13-,14-,17?,18?;13-,14+,17?,18+;13-,14-,17+,18+;;;/m1111.../s1. The maximum atomic E-state index is 6.38. The van der Waals surface area contributed by atoms with Crippen LogP contribution in [0.3, 0.4) is 0 Å². The number of rotatable bonds is 4. The first kappa shape index (κ1) is 102. The molecule has 0 nitrogen and oxygen atoms in total. The molecule has 16 atom stereocenters. The highest BCUT2D eigenvalue weighted by atomic mass is 36.0. The van der Waals surface area contributed by atoms with Crippen LogP contribution in [0.5, 0.6) is 0 Å². The molecule has 0 radical (unpaired) electrons. The molecule has 102 heavy (non-hydrogen) atoms. The molecule has 0 N–H and O–H groups in total. The lowest BCUT2D eigenvalue weighted by Crippen LogP contribution is -2.35. The first-order valence-corrected chi connectivity index (χ1v) is 73.4. The van der Waals surface area contributed by atoms with Crippen molar-refractivity contribution in [2.24, 2.45) is 0 Å². The van der Waals surface area contributed by atoms with Gasteiger partial charge in [0.25, 0.3) is 0 Å². The maximum Gasteiger partial charge on any atom is 0.179 e. The van der Waals surface area contributed by atoms with Crippen molar-refractivity contribution in [3.05, 3.63) is 0 Å². The van der Waals surface area contributed by atoms with E-state index in [0.717, 1.165) is 45.3 Å². The Morgan fingerprint density at radius 2 is 0.529 bits per heavy atom. The van der Waals surface area contributed by atoms with Crippen molar-refractivity contribution in [1.29, 1.82) is 0 Å². The summed E-state index contributed by atoms with van der Waals surface area (Å²) in [6.07, 6.45) is 45.6. The zero-order chi connectivity index (χ0) is 79.0. The summed E-state index contributed by atoms with van der Waals surface area (Å²) in [6.45, 7) is 67.1. The van der Waals surface area contributed by atoms with E-state index in [1.165, 1.54) is 177 Å². The van der Waals surface area contributed by atoms with Crippen LogP contribution < -0.4 is 0 Å². The predicted octanol–water partition coefficient (Wildman–Crippen LogP) is 34.4. The minimum Gasteiger partial charge on any atom is -0.0974 e. The smallest absolute Gasteiger partial charge is 0.0974 e. The van der Waals surface area contributed by atoms with Gasteiger partial charge in [-0.3, -0.25) is 0 Å². The molecule has 22 heteroatoms. The van der Waals surface area contributed by atoms with E-state index in [-0.39, 0.29) is 15.8 Å². The van der Waals surface area contributed by atoms with Gasteiger partial charge in [-0.05, 0) is 331 Å². The Bertz CT molecular complexity index is 2540. The number of hydrogen-bond acceptors (Lipinski definition) is 8. The fraction of sp³-hybridized carbons (Fsp3) is 1.00. The van der Waals surface area contributed by atoms with E-state index in [0.29, 0.717) is 51.6 Å². The second-order valence-corrected chi connectivity index (χ2v) is 105. The second-order valence-electron chi connectivity index (χ2n) is 43.3. The summed E-state index contributed by atoms with van der Waals surface area (Å²) < 4.78 is 0. The highest BCUT2D eigenvalue weighted by Crippen LogP contribution is 2.91. The molecule has 10 saturated heterocycles. The topological polar surface area (TPSA) is 0 Å². The van der Waals surface area contributed by atoms with Gasteiger partial charge in [0.05, 0.1) is 94.6 Å². The van der Waals surface area contributed by atoms with E-state index in [9.17, 15) is 0 Å². The van der Waals surface area contributed by atoms with Crippen LogP contribution >= 0.6 is 167 Å². The van der Waals surface area contributed by atoms with Crippen LogP contribution in [0.25, 0.3) is 0 Å². The molecule has 0 saturated carbocycles. The highest BCUT2D eigenvalue weighted by molar-refractivity contribution is 8.56. The lowest BCUT2D eigenvalue weighted by molar-refractivity contribution is 0.669. The average Bonchev–Trinajstić information content (AvgIpc) is 1.56. The molecule has 0 bridgehead atoms. The molecule has 0 spiro atoms. The summed E-state index contributed by atoms with van der Waals surface area (Å²) in [4.78, 5) is 0. The largest absolute Gasteiger partial charge is 0.179 e. The molecule has 10 heterocycles. The molecule has 10 fully saturated rings. The predicted molar refractivity (Wildman–Crippen MR) is 539 cm³/mol. The molecule has 10 aliphatic heterocycles. The Morgan fingerprint density at radius 1 is 0.304 bits per heavy atom. The van der Waals surface area contributed by atoms with Crippen molar-refractivity contribution >= 4 is 203 Å². The lowest BCUT2D eigenvalue weighted by atomic mass is 10.1. The van der Waals surface area contributed by atoms with Crippen LogP contribution in [-0.2, 0) is 35.4 Å². The molecule has 10 aliphatic rings. The highest BCUT2D eigenvalue weighted by Gasteiger charge is 2.70. The molecule has 0 aromatic carbocycles. The normalized spacial score (nSPS) is 37.4. The molecular formula is C80H167Cl3P11S8+5. The average molecular weight is 1830 g/mol. The van der Waals surface area contributed by atoms with Crippen LogP contribution in [-0.4, -0.2) is 171 Å². The van der Waals surface area contributed by atoms with Crippen molar-refractivity contribution in [2.45, 2.75) is 433 Å². The van der Waals surface area contributed by atoms with Crippen LogP contribution in [0.4, 0.5) is 0 Å². The molecule has 0 aliphatic carbocycles. The second kappa shape index (κ2) is 38.8. The monoisotopic (exact) mass is 1830 g/mol. The van der Waals surface area contributed by atoms with E-state index in [1.54, 1.807) is 25.2 Å². The van der Waals surface area contributed by atoms with E-state index >= 15 is 0 Å². The van der Waals surface area contributed by atoms with Gasteiger partial charge >= 0.3 is 0 Å². The van der Waals surface area contributed by atoms with Gasteiger partial charge in [-0.1, -0.05) is 189 Å². The Hall–Kier alpha value is 8.01. The fourth-order valence-corrected chi connectivity index (χ4v) is 73.5. The van der Waals surface area contributed by atoms with Crippen molar-refractivity contribution < 1.29 is 0 Å². The van der Waals surface area contributed by atoms with Gasteiger partial charge in [-0.25, -0.2) is 0 Å². The van der Waals surface area contributed by atoms with Crippen LogP contribution in [0.1, 0.15) is 336 Å². The summed E-state index contributed by atoms with van der Waals surface area (Å²) in [6, 6.07) is -3.09. The van der Waals surface area contributed by atoms with Crippen LogP contribution in [0.15, 0.2) is 0 Å². The van der Waals surface area contributed by atoms with Gasteiger partial charge in [-0.15, -0.1) is 0 Å².